The molecule has 12 nitrogen and oxygen atoms in total. The highest BCUT2D eigenvalue weighted by atomic mass is 16.5. The Hall–Kier alpha value is -5.02. The number of amides is 1. The summed E-state index contributed by atoms with van der Waals surface area (Å²) >= 11 is 0. The summed E-state index contributed by atoms with van der Waals surface area (Å²) in [7, 11) is 3.63. The minimum Gasteiger partial charge on any atom is -0.494 e. The van der Waals surface area contributed by atoms with Gasteiger partial charge in [0.05, 0.1) is 18.3 Å². The van der Waals surface area contributed by atoms with E-state index in [0.717, 1.165) is 54.0 Å². The summed E-state index contributed by atoms with van der Waals surface area (Å²) in [5.41, 5.74) is 10.6. The lowest BCUT2D eigenvalue weighted by Gasteiger charge is -2.40. The monoisotopic (exact) mass is 588 g/mol. The fourth-order valence-corrected chi connectivity index (χ4v) is 7.46. The number of rotatable bonds is 6. The van der Waals surface area contributed by atoms with E-state index in [4.69, 9.17) is 15.5 Å². The fraction of sp³-hybridized carbons (Fsp3) is 0.375. The maximum absolute atomic E-state index is 13.8. The van der Waals surface area contributed by atoms with Crippen molar-refractivity contribution in [3.63, 3.8) is 0 Å². The number of carbonyl (C=O) groups excluding carboxylic acids is 1. The molecule has 1 aliphatic carbocycles. The number of methoxy groups -OCH3 is 1. The largest absolute Gasteiger partial charge is 0.494 e. The van der Waals surface area contributed by atoms with Crippen LogP contribution in [0.5, 0.6) is 5.75 Å². The van der Waals surface area contributed by atoms with Gasteiger partial charge in [-0.15, -0.1) is 0 Å². The molecule has 1 saturated carbocycles. The highest BCUT2D eigenvalue weighted by molar-refractivity contribution is 6.00. The number of anilines is 1. The van der Waals surface area contributed by atoms with Crippen molar-refractivity contribution in [3.8, 4) is 23.3 Å². The molecule has 2 aliphatic heterocycles. The zero-order valence-corrected chi connectivity index (χ0v) is 24.6. The first-order chi connectivity index (χ1) is 21.4. The summed E-state index contributed by atoms with van der Waals surface area (Å²) in [6.45, 7) is 2.80. The average Bonchev–Trinajstić information content (AvgIpc) is 3.77. The third kappa shape index (κ3) is 3.96. The lowest BCUT2D eigenvalue weighted by Crippen LogP contribution is -2.49. The second kappa shape index (κ2) is 10.0. The van der Waals surface area contributed by atoms with Gasteiger partial charge >= 0.3 is 0 Å². The lowest BCUT2D eigenvalue weighted by atomic mass is 9.99. The Morgan fingerprint density at radius 2 is 1.95 bits per heavy atom. The van der Waals surface area contributed by atoms with Crippen LogP contribution in [-0.2, 0) is 13.6 Å². The molecule has 3 fully saturated rings. The number of piperidine rings is 1. The van der Waals surface area contributed by atoms with E-state index in [2.05, 4.69) is 41.1 Å². The molecule has 5 aromatic rings. The smallest absolute Gasteiger partial charge is 0.254 e. The summed E-state index contributed by atoms with van der Waals surface area (Å²) in [5.74, 6) is 2.60. The second-order valence-electron chi connectivity index (χ2n) is 12.1. The SMILES string of the molecule is COc1cc(C(=O)N2C[C@H]3CC[C@@H]2[C@@H]3N)cc2nc(-c3cc4cccnc4n3C)n(CC3CN(c4nccnc4C#N)C3)c12. The molecule has 1 aromatic carbocycles. The summed E-state index contributed by atoms with van der Waals surface area (Å²) < 4.78 is 10.2. The van der Waals surface area contributed by atoms with Crippen LogP contribution in [0.2, 0.25) is 0 Å². The number of nitriles is 1. The van der Waals surface area contributed by atoms with E-state index in [1.54, 1.807) is 19.5 Å². The molecule has 3 atom stereocenters. The molecule has 2 saturated heterocycles. The number of hydrogen-bond donors (Lipinski definition) is 1. The van der Waals surface area contributed by atoms with Crippen LogP contribution in [0.4, 0.5) is 5.82 Å². The molecule has 12 heteroatoms. The van der Waals surface area contributed by atoms with Crippen molar-refractivity contribution in [3.05, 3.63) is 60.2 Å². The number of fused-ring (bicyclic) bond motifs is 4. The summed E-state index contributed by atoms with van der Waals surface area (Å²) in [4.78, 5) is 36.2. The molecule has 0 radical (unpaired) electrons. The Morgan fingerprint density at radius 3 is 2.68 bits per heavy atom. The van der Waals surface area contributed by atoms with Crippen molar-refractivity contribution in [2.24, 2.45) is 24.6 Å². The molecule has 0 unspecified atom stereocenters. The number of nitrogens with zero attached hydrogens (tertiary/aromatic N) is 9. The van der Waals surface area contributed by atoms with Gasteiger partial charge in [0, 0.05) is 80.8 Å². The molecular weight excluding hydrogens is 556 g/mol. The molecule has 1 amide bonds. The van der Waals surface area contributed by atoms with Crippen LogP contribution < -0.4 is 15.4 Å². The van der Waals surface area contributed by atoms with Gasteiger partial charge in [-0.3, -0.25) is 4.79 Å². The first-order valence-electron chi connectivity index (χ1n) is 15.0. The standard InChI is InChI=1S/C32H32N10O2/c1-39-25(11-19-4-3-7-36-29(19)39)31-38-22-10-21(32(43)41-17-20-5-6-24(41)27(20)34)12-26(44-2)28(22)42(31)16-18-14-40(15-18)30-23(13-33)35-8-9-37-30/h3-4,7-12,18,20,24,27H,5-6,14-17,34H2,1-2H3/t20-,24-,27-/m1/s1. The zero-order chi connectivity index (χ0) is 30.1. The molecule has 0 spiro atoms. The van der Waals surface area contributed by atoms with Crippen molar-refractivity contribution in [2.45, 2.75) is 31.5 Å². The number of aryl methyl sites for hydroxylation is 1. The normalized spacial score (nSPS) is 21.3. The van der Waals surface area contributed by atoms with Crippen LogP contribution in [0, 0.1) is 23.2 Å². The molecule has 3 aliphatic rings. The lowest BCUT2D eigenvalue weighted by molar-refractivity contribution is 0.0700. The van der Waals surface area contributed by atoms with Gasteiger partial charge in [-0.05, 0) is 49.1 Å². The van der Waals surface area contributed by atoms with E-state index in [0.29, 0.717) is 47.3 Å². The number of ether oxygens (including phenoxy) is 1. The van der Waals surface area contributed by atoms with Gasteiger partial charge in [0.1, 0.15) is 23.0 Å². The average molecular weight is 589 g/mol. The third-order valence-corrected chi connectivity index (χ3v) is 9.69. The summed E-state index contributed by atoms with van der Waals surface area (Å²) in [6, 6.07) is 12.1. The van der Waals surface area contributed by atoms with Crippen LogP contribution in [0.25, 0.3) is 33.6 Å². The van der Waals surface area contributed by atoms with Crippen molar-refractivity contribution in [1.82, 2.24) is 34.0 Å². The summed E-state index contributed by atoms with van der Waals surface area (Å²) in [5, 5.41) is 10.5. The molecule has 44 heavy (non-hydrogen) atoms. The quantitative estimate of drug-likeness (QED) is 0.317. The van der Waals surface area contributed by atoms with E-state index in [9.17, 15) is 10.1 Å². The van der Waals surface area contributed by atoms with Gasteiger partial charge in [0.15, 0.2) is 17.3 Å². The number of benzene rings is 1. The predicted molar refractivity (Wildman–Crippen MR) is 164 cm³/mol. The molecular formula is C32H32N10O2. The highest BCUT2D eigenvalue weighted by Crippen LogP contribution is 2.40. The van der Waals surface area contributed by atoms with Crippen LogP contribution >= 0.6 is 0 Å². The maximum atomic E-state index is 13.8. The topological polar surface area (TPSA) is 144 Å². The molecule has 2 N–H and O–H groups in total. The van der Waals surface area contributed by atoms with Crippen LogP contribution in [-0.4, -0.2) is 78.7 Å². The van der Waals surface area contributed by atoms with Gasteiger partial charge in [0.25, 0.3) is 5.91 Å². The first kappa shape index (κ1) is 26.6. The highest BCUT2D eigenvalue weighted by Gasteiger charge is 2.47. The van der Waals surface area contributed by atoms with Gasteiger partial charge in [-0.2, -0.15) is 5.26 Å². The number of imidazole rings is 1. The van der Waals surface area contributed by atoms with Gasteiger partial charge in [0.2, 0.25) is 0 Å². The van der Waals surface area contributed by atoms with E-state index in [1.807, 2.05) is 36.2 Å². The van der Waals surface area contributed by atoms with Crippen molar-refractivity contribution < 1.29 is 9.53 Å². The zero-order valence-electron chi connectivity index (χ0n) is 24.6. The molecule has 2 bridgehead atoms. The number of nitrogens with two attached hydrogens (primary N) is 1. The van der Waals surface area contributed by atoms with E-state index in [1.165, 1.54) is 6.20 Å². The predicted octanol–water partition coefficient (Wildman–Crippen LogP) is 2.96. The number of pyridine rings is 1. The number of carbonyl (C=O) groups is 1. The fourth-order valence-electron chi connectivity index (χ4n) is 7.46. The minimum absolute atomic E-state index is 0.0235. The Labute approximate surface area is 253 Å². The number of aromatic nitrogens is 6. The molecule has 8 rings (SSSR count). The minimum atomic E-state index is -0.0235. The van der Waals surface area contributed by atoms with E-state index < -0.39 is 0 Å². The Morgan fingerprint density at radius 1 is 1.11 bits per heavy atom. The Kier molecular flexibility index (Phi) is 6.06. The third-order valence-electron chi connectivity index (χ3n) is 9.69. The number of likely N-dealkylation sites (tertiary alicyclic amines) is 1. The molecule has 222 valence electrons. The summed E-state index contributed by atoms with van der Waals surface area (Å²) in [6.07, 6.45) is 6.98. The molecule has 6 heterocycles. The second-order valence-corrected chi connectivity index (χ2v) is 12.1. The van der Waals surface area contributed by atoms with E-state index in [-0.39, 0.29) is 23.9 Å². The van der Waals surface area contributed by atoms with Crippen LogP contribution in [0.15, 0.2) is 48.9 Å². The van der Waals surface area contributed by atoms with Gasteiger partial charge in [-0.25, -0.2) is 19.9 Å². The Balaban J connectivity index is 1.20. The first-order valence-corrected chi connectivity index (χ1v) is 15.0. The molecule has 4 aromatic heterocycles. The van der Waals surface area contributed by atoms with Crippen molar-refractivity contribution in [1.29, 1.82) is 5.26 Å². The van der Waals surface area contributed by atoms with E-state index >= 15 is 0 Å². The Bertz CT molecular complexity index is 1980. The maximum Gasteiger partial charge on any atom is 0.254 e. The van der Waals surface area contributed by atoms with Gasteiger partial charge < -0.3 is 29.4 Å². The van der Waals surface area contributed by atoms with Crippen LogP contribution in [0.1, 0.15) is 28.9 Å². The number of hydrogen-bond acceptors (Lipinski definition) is 9. The van der Waals surface area contributed by atoms with Crippen molar-refractivity contribution >= 4 is 33.8 Å². The van der Waals surface area contributed by atoms with Gasteiger partial charge in [-0.1, -0.05) is 0 Å². The van der Waals surface area contributed by atoms with Crippen LogP contribution in [0.3, 0.4) is 0 Å². The van der Waals surface area contributed by atoms with Crippen molar-refractivity contribution in [2.75, 3.05) is 31.6 Å².